The van der Waals surface area contributed by atoms with Crippen molar-refractivity contribution >= 4 is 0 Å². The van der Waals surface area contributed by atoms with E-state index in [1.54, 1.807) is 7.11 Å². The number of aryl methyl sites for hydroxylation is 1. The number of hydrogen-bond acceptors (Lipinski definition) is 2. The lowest BCUT2D eigenvalue weighted by atomic mass is 10.0. The van der Waals surface area contributed by atoms with Crippen LogP contribution in [0.2, 0.25) is 0 Å². The SMILES string of the molecule is COc1ccc(CC(C)N[C@H](C)c2ccccc2C)cc1. The van der Waals surface area contributed by atoms with E-state index in [9.17, 15) is 0 Å². The molecule has 0 amide bonds. The molecule has 2 aromatic rings. The summed E-state index contributed by atoms with van der Waals surface area (Å²) in [6.45, 7) is 6.63. The number of rotatable bonds is 6. The van der Waals surface area contributed by atoms with Crippen LogP contribution in [0.15, 0.2) is 48.5 Å². The molecule has 2 rings (SSSR count). The Morgan fingerprint density at radius 3 is 2.29 bits per heavy atom. The minimum absolute atomic E-state index is 0.361. The van der Waals surface area contributed by atoms with Crippen LogP contribution in [0.3, 0.4) is 0 Å². The Morgan fingerprint density at radius 1 is 1.00 bits per heavy atom. The summed E-state index contributed by atoms with van der Waals surface area (Å²) in [5.74, 6) is 0.910. The Balaban J connectivity index is 1.94. The largest absolute Gasteiger partial charge is 0.497 e. The van der Waals surface area contributed by atoms with E-state index < -0.39 is 0 Å². The maximum absolute atomic E-state index is 5.19. The van der Waals surface area contributed by atoms with Crippen molar-refractivity contribution in [1.82, 2.24) is 5.32 Å². The van der Waals surface area contributed by atoms with Crippen LogP contribution in [-0.4, -0.2) is 13.2 Å². The minimum atomic E-state index is 0.361. The van der Waals surface area contributed by atoms with Crippen LogP contribution in [0.25, 0.3) is 0 Å². The van der Waals surface area contributed by atoms with Gasteiger partial charge in [-0.25, -0.2) is 0 Å². The second-order valence-electron chi connectivity index (χ2n) is 5.70. The van der Waals surface area contributed by atoms with Crippen molar-refractivity contribution in [3.05, 3.63) is 65.2 Å². The molecule has 0 fully saturated rings. The van der Waals surface area contributed by atoms with Crippen molar-refractivity contribution in [3.63, 3.8) is 0 Å². The maximum atomic E-state index is 5.19. The zero-order valence-electron chi connectivity index (χ0n) is 13.4. The molecule has 2 aromatic carbocycles. The summed E-state index contributed by atoms with van der Waals surface area (Å²) in [6, 6.07) is 17.7. The van der Waals surface area contributed by atoms with Crippen molar-refractivity contribution in [2.75, 3.05) is 7.11 Å². The average Bonchev–Trinajstić information content (AvgIpc) is 2.48. The van der Waals surface area contributed by atoms with E-state index in [2.05, 4.69) is 62.5 Å². The smallest absolute Gasteiger partial charge is 0.118 e. The summed E-state index contributed by atoms with van der Waals surface area (Å²) in [4.78, 5) is 0. The predicted molar refractivity (Wildman–Crippen MR) is 88.9 cm³/mol. The van der Waals surface area contributed by atoms with Crippen molar-refractivity contribution in [2.45, 2.75) is 39.3 Å². The molecule has 112 valence electrons. The highest BCUT2D eigenvalue weighted by Gasteiger charge is 2.11. The van der Waals surface area contributed by atoms with Crippen molar-refractivity contribution in [2.24, 2.45) is 0 Å². The first-order chi connectivity index (χ1) is 10.1. The highest BCUT2D eigenvalue weighted by molar-refractivity contribution is 5.29. The lowest BCUT2D eigenvalue weighted by molar-refractivity contribution is 0.414. The van der Waals surface area contributed by atoms with Gasteiger partial charge < -0.3 is 10.1 Å². The fourth-order valence-corrected chi connectivity index (χ4v) is 2.76. The van der Waals surface area contributed by atoms with Gasteiger partial charge in [-0.3, -0.25) is 0 Å². The molecule has 0 spiro atoms. The summed E-state index contributed by atoms with van der Waals surface area (Å²) < 4.78 is 5.19. The topological polar surface area (TPSA) is 21.3 Å². The second-order valence-corrected chi connectivity index (χ2v) is 5.70. The summed E-state index contributed by atoms with van der Waals surface area (Å²) in [5.41, 5.74) is 4.04. The molecule has 1 unspecified atom stereocenters. The third kappa shape index (κ3) is 4.33. The van der Waals surface area contributed by atoms with Gasteiger partial charge in [-0.2, -0.15) is 0 Å². The fraction of sp³-hybridized carbons (Fsp3) is 0.368. The van der Waals surface area contributed by atoms with Gasteiger partial charge in [-0.15, -0.1) is 0 Å². The van der Waals surface area contributed by atoms with E-state index in [4.69, 9.17) is 4.74 Å². The number of ether oxygens (including phenoxy) is 1. The van der Waals surface area contributed by atoms with Gasteiger partial charge in [0.2, 0.25) is 0 Å². The van der Waals surface area contributed by atoms with E-state index in [0.29, 0.717) is 12.1 Å². The molecule has 0 aromatic heterocycles. The normalized spacial score (nSPS) is 13.7. The van der Waals surface area contributed by atoms with Crippen molar-refractivity contribution in [3.8, 4) is 5.75 Å². The summed E-state index contributed by atoms with van der Waals surface area (Å²) in [7, 11) is 1.70. The Morgan fingerprint density at radius 2 is 1.67 bits per heavy atom. The van der Waals surface area contributed by atoms with E-state index >= 15 is 0 Å². The Kier molecular flexibility index (Phi) is 5.40. The molecule has 0 aliphatic carbocycles. The summed E-state index contributed by atoms with van der Waals surface area (Å²) in [6.07, 6.45) is 1.01. The van der Waals surface area contributed by atoms with E-state index in [1.165, 1.54) is 16.7 Å². The van der Waals surface area contributed by atoms with Crippen LogP contribution >= 0.6 is 0 Å². The van der Waals surface area contributed by atoms with Gasteiger partial charge in [-0.05, 0) is 56.0 Å². The quantitative estimate of drug-likeness (QED) is 0.854. The van der Waals surface area contributed by atoms with Gasteiger partial charge in [0.05, 0.1) is 7.11 Å². The molecule has 1 N–H and O–H groups in total. The first kappa shape index (κ1) is 15.6. The average molecular weight is 283 g/mol. The van der Waals surface area contributed by atoms with Gasteiger partial charge in [0.1, 0.15) is 5.75 Å². The van der Waals surface area contributed by atoms with Crippen LogP contribution in [0.5, 0.6) is 5.75 Å². The van der Waals surface area contributed by atoms with E-state index in [0.717, 1.165) is 12.2 Å². The molecule has 0 radical (unpaired) electrons. The third-order valence-electron chi connectivity index (χ3n) is 3.89. The molecule has 0 heterocycles. The number of benzene rings is 2. The first-order valence-electron chi connectivity index (χ1n) is 7.54. The summed E-state index contributed by atoms with van der Waals surface area (Å²) >= 11 is 0. The third-order valence-corrected chi connectivity index (χ3v) is 3.89. The molecule has 2 heteroatoms. The molecule has 0 saturated carbocycles. The Bertz CT molecular complexity index is 562. The maximum Gasteiger partial charge on any atom is 0.118 e. The monoisotopic (exact) mass is 283 g/mol. The second kappa shape index (κ2) is 7.28. The van der Waals surface area contributed by atoms with E-state index in [-0.39, 0.29) is 0 Å². The molecule has 21 heavy (non-hydrogen) atoms. The molecule has 2 atom stereocenters. The zero-order valence-corrected chi connectivity index (χ0v) is 13.4. The summed E-state index contributed by atoms with van der Waals surface area (Å²) in [5, 5.41) is 3.68. The van der Waals surface area contributed by atoms with Gasteiger partial charge in [-0.1, -0.05) is 36.4 Å². The number of hydrogen-bond donors (Lipinski definition) is 1. The van der Waals surface area contributed by atoms with Gasteiger partial charge in [0.25, 0.3) is 0 Å². The molecular formula is C19H25NO. The molecule has 0 saturated heterocycles. The standard InChI is InChI=1S/C19H25NO/c1-14-7-5-6-8-19(14)16(3)20-15(2)13-17-9-11-18(21-4)12-10-17/h5-12,15-16,20H,13H2,1-4H3/t15?,16-/m1/s1. The first-order valence-corrected chi connectivity index (χ1v) is 7.54. The van der Waals surface area contributed by atoms with Crippen LogP contribution in [0.1, 0.15) is 36.6 Å². The Hall–Kier alpha value is -1.80. The molecule has 0 aliphatic rings. The molecule has 2 nitrogen and oxygen atoms in total. The van der Waals surface area contributed by atoms with Crippen LogP contribution in [0, 0.1) is 6.92 Å². The van der Waals surface area contributed by atoms with Gasteiger partial charge in [0, 0.05) is 12.1 Å². The van der Waals surface area contributed by atoms with Crippen LogP contribution in [0.4, 0.5) is 0 Å². The predicted octanol–water partition coefficient (Wildman–Crippen LogP) is 4.29. The lowest BCUT2D eigenvalue weighted by Gasteiger charge is -2.22. The molecule has 0 aliphatic heterocycles. The Labute approximate surface area is 128 Å². The molecular weight excluding hydrogens is 258 g/mol. The van der Waals surface area contributed by atoms with Crippen LogP contribution in [-0.2, 0) is 6.42 Å². The number of nitrogens with one attached hydrogen (secondary N) is 1. The minimum Gasteiger partial charge on any atom is -0.497 e. The van der Waals surface area contributed by atoms with Gasteiger partial charge >= 0.3 is 0 Å². The molecule has 0 bridgehead atoms. The van der Waals surface area contributed by atoms with Gasteiger partial charge in [0.15, 0.2) is 0 Å². The fourth-order valence-electron chi connectivity index (χ4n) is 2.76. The highest BCUT2D eigenvalue weighted by atomic mass is 16.5. The van der Waals surface area contributed by atoms with Crippen LogP contribution < -0.4 is 10.1 Å². The highest BCUT2D eigenvalue weighted by Crippen LogP contribution is 2.18. The van der Waals surface area contributed by atoms with E-state index in [1.807, 2.05) is 12.1 Å². The van der Waals surface area contributed by atoms with Crippen molar-refractivity contribution in [1.29, 1.82) is 0 Å². The lowest BCUT2D eigenvalue weighted by Crippen LogP contribution is -2.31. The zero-order chi connectivity index (χ0) is 15.2. The number of methoxy groups -OCH3 is 1. The van der Waals surface area contributed by atoms with Crippen molar-refractivity contribution < 1.29 is 4.74 Å².